The first-order valence-corrected chi connectivity index (χ1v) is 8.01. The zero-order valence-corrected chi connectivity index (χ0v) is 12.2. The van der Waals surface area contributed by atoms with Gasteiger partial charge in [0.15, 0.2) is 0 Å². The van der Waals surface area contributed by atoms with Gasteiger partial charge in [-0.25, -0.2) is 12.7 Å². The number of anilines is 1. The van der Waals surface area contributed by atoms with Gasteiger partial charge in [0, 0.05) is 33.2 Å². The second-order valence-electron chi connectivity index (χ2n) is 4.76. The number of sulfonamides is 1. The lowest BCUT2D eigenvalue weighted by Crippen LogP contribution is -2.35. The summed E-state index contributed by atoms with van der Waals surface area (Å²) < 4.78 is 26.1. The Kier molecular flexibility index (Phi) is 3.95. The summed E-state index contributed by atoms with van der Waals surface area (Å²) in [6.07, 6.45) is 3.19. The molecule has 112 valence electrons. The van der Waals surface area contributed by atoms with Crippen molar-refractivity contribution in [1.82, 2.24) is 13.9 Å². The summed E-state index contributed by atoms with van der Waals surface area (Å²) in [6.45, 7) is 1.72. The van der Waals surface area contributed by atoms with Crippen LogP contribution in [0.15, 0.2) is 6.33 Å². The number of aryl methyl sites for hydroxylation is 1. The molecule has 0 bridgehead atoms. The van der Waals surface area contributed by atoms with Crippen LogP contribution in [0.3, 0.4) is 0 Å². The summed E-state index contributed by atoms with van der Waals surface area (Å²) in [5.41, 5.74) is 0. The molecule has 0 radical (unpaired) electrons. The van der Waals surface area contributed by atoms with Crippen LogP contribution in [0.2, 0.25) is 0 Å². The van der Waals surface area contributed by atoms with Gasteiger partial charge in [0.2, 0.25) is 22.2 Å². The molecule has 2 heterocycles. The third kappa shape index (κ3) is 2.90. The Balaban J connectivity index is 2.23. The highest BCUT2D eigenvalue weighted by Crippen LogP contribution is 2.26. The summed E-state index contributed by atoms with van der Waals surface area (Å²) in [6, 6.07) is 0. The van der Waals surface area contributed by atoms with E-state index in [4.69, 9.17) is 0 Å². The predicted molar refractivity (Wildman–Crippen MR) is 73.1 cm³/mol. The fourth-order valence-electron chi connectivity index (χ4n) is 2.34. The third-order valence-electron chi connectivity index (χ3n) is 3.28. The van der Waals surface area contributed by atoms with Crippen molar-refractivity contribution >= 4 is 21.7 Å². The van der Waals surface area contributed by atoms with Crippen LogP contribution in [0.4, 0.5) is 11.6 Å². The van der Waals surface area contributed by atoms with Gasteiger partial charge in [-0.3, -0.25) is 4.57 Å². The molecule has 0 aromatic carbocycles. The molecule has 20 heavy (non-hydrogen) atoms. The van der Waals surface area contributed by atoms with Gasteiger partial charge < -0.3 is 15.0 Å². The molecule has 0 aliphatic carbocycles. The average Bonchev–Trinajstić information content (AvgIpc) is 2.58. The third-order valence-corrected chi connectivity index (χ3v) is 4.59. The van der Waals surface area contributed by atoms with Gasteiger partial charge in [-0.15, -0.1) is 0 Å². The summed E-state index contributed by atoms with van der Waals surface area (Å²) in [4.78, 5) is 16.1. The first-order chi connectivity index (χ1) is 9.30. The normalized spacial score (nSPS) is 18.0. The van der Waals surface area contributed by atoms with Crippen LogP contribution in [0.5, 0.6) is 0 Å². The number of imidazole rings is 1. The Morgan fingerprint density at radius 2 is 2.00 bits per heavy atom. The molecule has 1 aliphatic rings. The summed E-state index contributed by atoms with van der Waals surface area (Å²) >= 11 is 0. The molecule has 1 fully saturated rings. The van der Waals surface area contributed by atoms with E-state index in [1.807, 2.05) is 4.90 Å². The Bertz CT molecular complexity index is 611. The Hall–Kier alpha value is -1.68. The molecule has 9 nitrogen and oxygen atoms in total. The van der Waals surface area contributed by atoms with Crippen molar-refractivity contribution in [3.63, 3.8) is 0 Å². The number of aromatic nitrogens is 2. The van der Waals surface area contributed by atoms with Crippen molar-refractivity contribution < 1.29 is 13.3 Å². The van der Waals surface area contributed by atoms with E-state index in [-0.39, 0.29) is 5.82 Å². The minimum Gasteiger partial charge on any atom is -0.358 e. The van der Waals surface area contributed by atoms with Crippen LogP contribution in [0, 0.1) is 10.1 Å². The van der Waals surface area contributed by atoms with E-state index in [2.05, 4.69) is 4.98 Å². The lowest BCUT2D eigenvalue weighted by atomic mass is 10.4. The fraction of sp³-hybridized carbons (Fsp3) is 0.700. The first-order valence-electron chi connectivity index (χ1n) is 6.16. The molecule has 0 atom stereocenters. The second kappa shape index (κ2) is 5.37. The number of rotatable bonds is 3. The summed E-state index contributed by atoms with van der Waals surface area (Å²) in [7, 11) is -1.54. The fourth-order valence-corrected chi connectivity index (χ4v) is 3.22. The molecule has 0 N–H and O–H groups in total. The van der Waals surface area contributed by atoms with E-state index < -0.39 is 14.9 Å². The van der Waals surface area contributed by atoms with Crippen LogP contribution in [-0.2, 0) is 17.1 Å². The zero-order chi connectivity index (χ0) is 14.9. The standard InChI is InChI=1S/C10H17N5O4S/c1-12-8-11-9(15(16)17)10(12)13-4-3-5-14(7-6-13)20(2,18)19/h8H,3-7H2,1-2H3. The van der Waals surface area contributed by atoms with Crippen LogP contribution in [0.25, 0.3) is 0 Å². The van der Waals surface area contributed by atoms with E-state index in [0.29, 0.717) is 38.4 Å². The number of nitro groups is 1. The minimum absolute atomic E-state index is 0.194. The molecule has 1 aromatic heterocycles. The van der Waals surface area contributed by atoms with Crippen molar-refractivity contribution in [2.24, 2.45) is 7.05 Å². The maximum atomic E-state index is 11.6. The van der Waals surface area contributed by atoms with E-state index in [1.54, 1.807) is 11.6 Å². The van der Waals surface area contributed by atoms with Crippen molar-refractivity contribution in [3.8, 4) is 0 Å². The maximum absolute atomic E-state index is 11.6. The lowest BCUT2D eigenvalue weighted by molar-refractivity contribution is -0.388. The maximum Gasteiger partial charge on any atom is 0.406 e. The highest BCUT2D eigenvalue weighted by atomic mass is 32.2. The molecular formula is C10H17N5O4S. The summed E-state index contributed by atoms with van der Waals surface area (Å²) in [5.74, 6) is 0.227. The smallest absolute Gasteiger partial charge is 0.358 e. The Morgan fingerprint density at radius 1 is 1.30 bits per heavy atom. The van der Waals surface area contributed by atoms with Gasteiger partial charge in [-0.2, -0.15) is 0 Å². The van der Waals surface area contributed by atoms with Gasteiger partial charge >= 0.3 is 5.82 Å². The molecule has 0 saturated carbocycles. The lowest BCUT2D eigenvalue weighted by Gasteiger charge is -2.21. The molecule has 1 aliphatic heterocycles. The largest absolute Gasteiger partial charge is 0.406 e. The highest BCUT2D eigenvalue weighted by Gasteiger charge is 2.28. The van der Waals surface area contributed by atoms with Crippen LogP contribution in [0.1, 0.15) is 6.42 Å². The second-order valence-corrected chi connectivity index (χ2v) is 6.74. The van der Waals surface area contributed by atoms with E-state index in [1.165, 1.54) is 16.9 Å². The molecule has 0 amide bonds. The molecule has 1 aromatic rings. The topological polar surface area (TPSA) is 102 Å². The van der Waals surface area contributed by atoms with Gasteiger partial charge in [0.05, 0.1) is 6.26 Å². The molecular weight excluding hydrogens is 286 g/mol. The molecule has 0 spiro atoms. The number of hydrogen-bond donors (Lipinski definition) is 0. The monoisotopic (exact) mass is 303 g/mol. The van der Waals surface area contributed by atoms with Crippen molar-refractivity contribution in [2.45, 2.75) is 6.42 Å². The van der Waals surface area contributed by atoms with Gasteiger partial charge in [0.1, 0.15) is 0 Å². The molecule has 1 saturated heterocycles. The van der Waals surface area contributed by atoms with Gasteiger partial charge in [-0.1, -0.05) is 0 Å². The van der Waals surface area contributed by atoms with Crippen LogP contribution in [-0.4, -0.2) is 59.6 Å². The number of hydrogen-bond acceptors (Lipinski definition) is 6. The van der Waals surface area contributed by atoms with Gasteiger partial charge in [-0.05, 0) is 16.3 Å². The van der Waals surface area contributed by atoms with Crippen LogP contribution >= 0.6 is 0 Å². The van der Waals surface area contributed by atoms with E-state index >= 15 is 0 Å². The van der Waals surface area contributed by atoms with Crippen molar-refractivity contribution in [3.05, 3.63) is 16.4 Å². The SMILES string of the molecule is Cn1cnc([N+](=O)[O-])c1N1CCCN(S(C)(=O)=O)CC1. The zero-order valence-electron chi connectivity index (χ0n) is 11.4. The average molecular weight is 303 g/mol. The molecule has 10 heteroatoms. The first kappa shape index (κ1) is 14.7. The van der Waals surface area contributed by atoms with E-state index in [0.717, 1.165) is 0 Å². The number of nitrogens with zero attached hydrogens (tertiary/aromatic N) is 5. The Morgan fingerprint density at radius 3 is 2.60 bits per heavy atom. The van der Waals surface area contributed by atoms with E-state index in [9.17, 15) is 18.5 Å². The van der Waals surface area contributed by atoms with Gasteiger partial charge in [0.25, 0.3) is 0 Å². The predicted octanol–water partition coefficient (Wildman–Crippen LogP) is -0.200. The van der Waals surface area contributed by atoms with Crippen molar-refractivity contribution in [1.29, 1.82) is 0 Å². The van der Waals surface area contributed by atoms with Crippen molar-refractivity contribution in [2.75, 3.05) is 37.3 Å². The Labute approximate surface area is 117 Å². The minimum atomic E-state index is -3.23. The molecule has 0 unspecified atom stereocenters. The quantitative estimate of drug-likeness (QED) is 0.566. The molecule has 2 rings (SSSR count). The van der Waals surface area contributed by atoms with Crippen LogP contribution < -0.4 is 4.90 Å². The highest BCUT2D eigenvalue weighted by molar-refractivity contribution is 7.88. The summed E-state index contributed by atoms with van der Waals surface area (Å²) in [5, 5.41) is 11.0.